The maximum absolute atomic E-state index is 11.6. The molecule has 7 nitrogen and oxygen atoms in total. The highest BCUT2D eigenvalue weighted by Gasteiger charge is 2.18. The van der Waals surface area contributed by atoms with Crippen LogP contribution in [0.15, 0.2) is 32.6 Å². The summed E-state index contributed by atoms with van der Waals surface area (Å²) in [6.07, 6.45) is 1.19. The Morgan fingerprint density at radius 2 is 2.00 bits per heavy atom. The molecule has 0 atom stereocenters. The minimum absolute atomic E-state index is 0.232. The summed E-state index contributed by atoms with van der Waals surface area (Å²) < 4.78 is 24.8. The molecule has 0 unspecified atom stereocenters. The van der Waals surface area contributed by atoms with Crippen molar-refractivity contribution in [2.24, 2.45) is 0 Å². The van der Waals surface area contributed by atoms with E-state index in [9.17, 15) is 8.42 Å². The molecule has 3 aromatic rings. The van der Waals surface area contributed by atoms with Gasteiger partial charge in [0.2, 0.25) is 5.16 Å². The number of aromatic nitrogens is 5. The lowest BCUT2D eigenvalue weighted by Gasteiger charge is -2.15. The van der Waals surface area contributed by atoms with Crippen molar-refractivity contribution >= 4 is 43.2 Å². The van der Waals surface area contributed by atoms with Crippen LogP contribution in [0.1, 0.15) is 20.8 Å². The van der Waals surface area contributed by atoms with Gasteiger partial charge in [-0.1, -0.05) is 0 Å². The molecule has 10 heteroatoms. The molecular weight excluding hydrogens is 354 g/mol. The summed E-state index contributed by atoms with van der Waals surface area (Å²) in [4.78, 5) is 6.33. The highest BCUT2D eigenvalue weighted by molar-refractivity contribution is 8.01. The van der Waals surface area contributed by atoms with Crippen LogP contribution in [0.3, 0.4) is 0 Å². The molecule has 0 amide bonds. The van der Waals surface area contributed by atoms with E-state index in [4.69, 9.17) is 0 Å². The molecule has 0 saturated heterocycles. The smallest absolute Gasteiger partial charge is 0.229 e. The third-order valence-corrected chi connectivity index (χ3v) is 5.98. The first-order valence-electron chi connectivity index (χ1n) is 6.72. The van der Waals surface area contributed by atoms with Crippen molar-refractivity contribution in [2.75, 3.05) is 6.26 Å². The monoisotopic (exact) mass is 369 g/mol. The van der Waals surface area contributed by atoms with Crippen LogP contribution in [0.4, 0.5) is 0 Å². The predicted molar refractivity (Wildman–Crippen MR) is 89.7 cm³/mol. The summed E-state index contributed by atoms with van der Waals surface area (Å²) >= 11 is 2.73. The standard InChI is InChI=1S/C13H15N5O2S3/c1-13(2,3)18-16-11(15-17-18)22-12-14-9-6-5-8(23(4,19)20)7-10(9)21-12/h5-7H,1-4H3. The van der Waals surface area contributed by atoms with Gasteiger partial charge >= 0.3 is 0 Å². The quantitative estimate of drug-likeness (QED) is 0.701. The van der Waals surface area contributed by atoms with Crippen LogP contribution in [0, 0.1) is 0 Å². The van der Waals surface area contributed by atoms with Gasteiger partial charge in [0.1, 0.15) is 0 Å². The van der Waals surface area contributed by atoms with Crippen LogP contribution in [-0.2, 0) is 15.4 Å². The van der Waals surface area contributed by atoms with Crippen molar-refractivity contribution in [3.05, 3.63) is 18.2 Å². The second-order valence-electron chi connectivity index (χ2n) is 6.02. The molecule has 2 heterocycles. The first kappa shape index (κ1) is 16.3. The van der Waals surface area contributed by atoms with Crippen LogP contribution in [-0.4, -0.2) is 39.9 Å². The molecule has 122 valence electrons. The first-order chi connectivity index (χ1) is 10.6. The molecule has 2 aromatic heterocycles. The summed E-state index contributed by atoms with van der Waals surface area (Å²) in [6, 6.07) is 4.93. The fourth-order valence-electron chi connectivity index (χ4n) is 1.76. The molecule has 0 saturated carbocycles. The largest absolute Gasteiger partial charge is 0.238 e. The Morgan fingerprint density at radius 3 is 2.61 bits per heavy atom. The van der Waals surface area contributed by atoms with Gasteiger partial charge in [-0.2, -0.15) is 4.80 Å². The predicted octanol–water partition coefficient (Wildman–Crippen LogP) is 2.59. The molecule has 0 bridgehead atoms. The highest BCUT2D eigenvalue weighted by atomic mass is 32.2. The Labute approximate surface area is 142 Å². The van der Waals surface area contributed by atoms with Crippen molar-refractivity contribution in [1.82, 2.24) is 25.2 Å². The second kappa shape index (κ2) is 5.53. The van der Waals surface area contributed by atoms with E-state index in [1.165, 1.54) is 29.4 Å². The Hall–Kier alpha value is -1.52. The summed E-state index contributed by atoms with van der Waals surface area (Å²) in [5.74, 6) is 0. The number of nitrogens with zero attached hydrogens (tertiary/aromatic N) is 5. The summed E-state index contributed by atoms with van der Waals surface area (Å²) in [5, 5.41) is 12.9. The Kier molecular flexibility index (Phi) is 3.93. The fourth-order valence-corrected chi connectivity index (χ4v) is 4.38. The minimum Gasteiger partial charge on any atom is -0.229 e. The number of benzene rings is 1. The number of rotatable bonds is 3. The van der Waals surface area contributed by atoms with Crippen LogP contribution in [0.2, 0.25) is 0 Å². The number of hydrogen-bond acceptors (Lipinski definition) is 8. The van der Waals surface area contributed by atoms with Gasteiger partial charge < -0.3 is 0 Å². The lowest BCUT2D eigenvalue weighted by atomic mass is 10.1. The average Bonchev–Trinajstić information content (AvgIpc) is 3.02. The lowest BCUT2D eigenvalue weighted by Crippen LogP contribution is -2.24. The molecule has 0 aliphatic carbocycles. The Morgan fingerprint density at radius 1 is 1.26 bits per heavy atom. The molecule has 0 spiro atoms. The highest BCUT2D eigenvalue weighted by Crippen LogP contribution is 2.33. The minimum atomic E-state index is -3.22. The molecular formula is C13H15N5O2S3. The number of fused-ring (bicyclic) bond motifs is 1. The summed E-state index contributed by atoms with van der Waals surface area (Å²) in [5.41, 5.74) is 0.525. The molecule has 0 N–H and O–H groups in total. The van der Waals surface area contributed by atoms with Gasteiger partial charge in [0.05, 0.1) is 20.7 Å². The van der Waals surface area contributed by atoms with Crippen LogP contribution in [0.25, 0.3) is 10.2 Å². The third-order valence-electron chi connectivity index (χ3n) is 2.94. The van der Waals surface area contributed by atoms with Crippen LogP contribution >= 0.6 is 23.1 Å². The van der Waals surface area contributed by atoms with Crippen LogP contribution in [0.5, 0.6) is 0 Å². The van der Waals surface area contributed by atoms with Gasteiger partial charge in [-0.25, -0.2) is 13.4 Å². The van der Waals surface area contributed by atoms with Crippen molar-refractivity contribution in [1.29, 1.82) is 0 Å². The van der Waals surface area contributed by atoms with Gasteiger partial charge in [0.25, 0.3) is 0 Å². The van der Waals surface area contributed by atoms with Gasteiger partial charge in [-0.15, -0.1) is 21.5 Å². The number of hydrogen-bond donors (Lipinski definition) is 0. The number of sulfone groups is 1. The van der Waals surface area contributed by atoms with Gasteiger partial charge in [0.15, 0.2) is 14.2 Å². The molecule has 0 aliphatic heterocycles. The normalized spacial score (nSPS) is 12.9. The van der Waals surface area contributed by atoms with E-state index in [1.807, 2.05) is 20.8 Å². The first-order valence-corrected chi connectivity index (χ1v) is 10.2. The molecule has 0 radical (unpaired) electrons. The molecule has 1 aromatic carbocycles. The SMILES string of the molecule is CC(C)(C)n1nnc(Sc2nc3ccc(S(C)(=O)=O)cc3s2)n1. The van der Waals surface area contributed by atoms with E-state index in [0.29, 0.717) is 10.1 Å². The zero-order chi connectivity index (χ0) is 16.8. The number of thiazole rings is 1. The van der Waals surface area contributed by atoms with E-state index in [1.54, 1.807) is 23.0 Å². The zero-order valence-electron chi connectivity index (χ0n) is 13.0. The van der Waals surface area contributed by atoms with E-state index in [2.05, 4.69) is 20.4 Å². The van der Waals surface area contributed by atoms with Gasteiger partial charge in [-0.05, 0) is 55.9 Å². The molecule has 0 aliphatic rings. The summed E-state index contributed by atoms with van der Waals surface area (Å²) in [7, 11) is -3.22. The zero-order valence-corrected chi connectivity index (χ0v) is 15.5. The Bertz CT molecular complexity index is 969. The maximum atomic E-state index is 11.6. The Balaban J connectivity index is 1.91. The van der Waals surface area contributed by atoms with E-state index >= 15 is 0 Å². The molecule has 3 rings (SSSR count). The van der Waals surface area contributed by atoms with E-state index in [-0.39, 0.29) is 5.54 Å². The van der Waals surface area contributed by atoms with Gasteiger partial charge in [-0.3, -0.25) is 0 Å². The topological polar surface area (TPSA) is 90.6 Å². The van der Waals surface area contributed by atoms with Crippen molar-refractivity contribution < 1.29 is 8.42 Å². The third kappa shape index (κ3) is 3.54. The molecule has 23 heavy (non-hydrogen) atoms. The lowest BCUT2D eigenvalue weighted by molar-refractivity contribution is 0.304. The van der Waals surface area contributed by atoms with Crippen molar-refractivity contribution in [3.8, 4) is 0 Å². The average molecular weight is 369 g/mol. The fraction of sp³-hybridized carbons (Fsp3) is 0.385. The van der Waals surface area contributed by atoms with E-state index < -0.39 is 9.84 Å². The second-order valence-corrected chi connectivity index (χ2v) is 10.3. The van der Waals surface area contributed by atoms with E-state index in [0.717, 1.165) is 14.6 Å². The van der Waals surface area contributed by atoms with Gasteiger partial charge in [0, 0.05) is 6.26 Å². The van der Waals surface area contributed by atoms with Crippen molar-refractivity contribution in [2.45, 2.75) is 40.7 Å². The van der Waals surface area contributed by atoms with Crippen molar-refractivity contribution in [3.63, 3.8) is 0 Å². The maximum Gasteiger partial charge on any atom is 0.238 e. The van der Waals surface area contributed by atoms with Crippen LogP contribution < -0.4 is 0 Å². The molecule has 0 fully saturated rings. The summed E-state index contributed by atoms with van der Waals surface area (Å²) in [6.45, 7) is 5.98. The number of tetrazole rings is 1.